The van der Waals surface area contributed by atoms with Crippen molar-refractivity contribution >= 4 is 44.7 Å². The highest BCUT2D eigenvalue weighted by atomic mass is 35.5. The van der Waals surface area contributed by atoms with Gasteiger partial charge in [0.2, 0.25) is 6.08 Å². The second kappa shape index (κ2) is 6.20. The first-order valence-electron chi connectivity index (χ1n) is 5.90. The van der Waals surface area contributed by atoms with E-state index in [4.69, 9.17) is 11.6 Å². The first-order valence-corrected chi connectivity index (χ1v) is 8.54. The third-order valence-electron chi connectivity index (χ3n) is 3.03. The van der Waals surface area contributed by atoms with Crippen molar-refractivity contribution in [2.75, 3.05) is 6.54 Å². The van der Waals surface area contributed by atoms with Crippen LogP contribution in [0.3, 0.4) is 0 Å². The SMILES string of the molecule is O=C=NC1CCCCN1S(=O)(=O)c1cc([N+](=O)[O-])c(Cl)s1. The van der Waals surface area contributed by atoms with Crippen molar-refractivity contribution in [2.45, 2.75) is 29.6 Å². The molecule has 1 atom stereocenters. The lowest BCUT2D eigenvalue weighted by molar-refractivity contribution is -0.384. The molecular formula is C10H10ClN3O5S2. The number of nitrogens with zero attached hydrogens (tertiary/aromatic N) is 3. The van der Waals surface area contributed by atoms with E-state index >= 15 is 0 Å². The van der Waals surface area contributed by atoms with Gasteiger partial charge in [-0.05, 0) is 19.3 Å². The van der Waals surface area contributed by atoms with Crippen LogP contribution in [0.2, 0.25) is 4.34 Å². The van der Waals surface area contributed by atoms with Gasteiger partial charge in [-0.15, -0.1) is 11.3 Å². The number of halogens is 1. The number of sulfonamides is 1. The summed E-state index contributed by atoms with van der Waals surface area (Å²) >= 11 is 6.31. The number of thiophene rings is 1. The van der Waals surface area contributed by atoms with Gasteiger partial charge in [0.15, 0.2) is 4.34 Å². The third kappa shape index (κ3) is 3.14. The Kier molecular flexibility index (Phi) is 4.74. The highest BCUT2D eigenvalue weighted by Gasteiger charge is 2.36. The molecule has 1 saturated heterocycles. The average molecular weight is 352 g/mol. The Morgan fingerprint density at radius 1 is 1.52 bits per heavy atom. The predicted octanol–water partition coefficient (Wildman–Crippen LogP) is 2.15. The lowest BCUT2D eigenvalue weighted by Gasteiger charge is -2.30. The largest absolute Gasteiger partial charge is 0.300 e. The van der Waals surface area contributed by atoms with Crippen molar-refractivity contribution in [1.29, 1.82) is 0 Å². The molecule has 2 rings (SSSR count). The van der Waals surface area contributed by atoms with E-state index in [0.717, 1.165) is 16.8 Å². The Bertz CT molecular complexity index is 710. The Labute approximate surface area is 129 Å². The number of hydrogen-bond acceptors (Lipinski definition) is 7. The van der Waals surface area contributed by atoms with E-state index < -0.39 is 26.8 Å². The van der Waals surface area contributed by atoms with E-state index in [0.29, 0.717) is 24.2 Å². The Morgan fingerprint density at radius 3 is 2.81 bits per heavy atom. The van der Waals surface area contributed by atoms with Gasteiger partial charge in [0, 0.05) is 12.6 Å². The maximum Gasteiger partial charge on any atom is 0.300 e. The van der Waals surface area contributed by atoms with E-state index in [9.17, 15) is 23.3 Å². The molecule has 1 aromatic rings. The van der Waals surface area contributed by atoms with Gasteiger partial charge in [0.1, 0.15) is 10.4 Å². The molecule has 1 aliphatic heterocycles. The number of aliphatic imine (C=N–C) groups is 1. The molecule has 0 amide bonds. The second-order valence-electron chi connectivity index (χ2n) is 4.29. The van der Waals surface area contributed by atoms with Gasteiger partial charge in [-0.3, -0.25) is 10.1 Å². The first kappa shape index (κ1) is 16.1. The fraction of sp³-hybridized carbons (Fsp3) is 0.500. The van der Waals surface area contributed by atoms with Gasteiger partial charge >= 0.3 is 0 Å². The minimum Gasteiger partial charge on any atom is -0.258 e. The highest BCUT2D eigenvalue weighted by molar-refractivity contribution is 7.91. The van der Waals surface area contributed by atoms with Crippen molar-refractivity contribution in [3.8, 4) is 0 Å². The third-order valence-corrected chi connectivity index (χ3v) is 6.71. The summed E-state index contributed by atoms with van der Waals surface area (Å²) < 4.78 is 25.7. The molecule has 8 nitrogen and oxygen atoms in total. The summed E-state index contributed by atoms with van der Waals surface area (Å²) in [7, 11) is -3.98. The second-order valence-corrected chi connectivity index (χ2v) is 8.07. The molecule has 2 heterocycles. The van der Waals surface area contributed by atoms with Crippen molar-refractivity contribution in [2.24, 2.45) is 4.99 Å². The fourth-order valence-corrected chi connectivity index (χ4v) is 5.45. The zero-order valence-corrected chi connectivity index (χ0v) is 12.9. The van der Waals surface area contributed by atoms with Crippen LogP contribution in [0.15, 0.2) is 15.3 Å². The molecule has 21 heavy (non-hydrogen) atoms. The van der Waals surface area contributed by atoms with Crippen molar-refractivity contribution in [3.63, 3.8) is 0 Å². The van der Waals surface area contributed by atoms with Crippen LogP contribution >= 0.6 is 22.9 Å². The van der Waals surface area contributed by atoms with Gasteiger partial charge in [-0.1, -0.05) is 11.6 Å². The van der Waals surface area contributed by atoms with Crippen LogP contribution in [0, 0.1) is 10.1 Å². The summed E-state index contributed by atoms with van der Waals surface area (Å²) in [5.74, 6) is 0. The van der Waals surface area contributed by atoms with Gasteiger partial charge in [0.25, 0.3) is 15.7 Å². The molecule has 1 aliphatic rings. The number of hydrogen-bond donors (Lipinski definition) is 0. The predicted molar refractivity (Wildman–Crippen MR) is 75.6 cm³/mol. The molecule has 0 bridgehead atoms. The van der Waals surface area contributed by atoms with Gasteiger partial charge < -0.3 is 0 Å². The Balaban J connectivity index is 2.42. The Morgan fingerprint density at radius 2 is 2.24 bits per heavy atom. The van der Waals surface area contributed by atoms with Crippen molar-refractivity contribution in [1.82, 2.24) is 4.31 Å². The van der Waals surface area contributed by atoms with Crippen LogP contribution in [0.1, 0.15) is 19.3 Å². The quantitative estimate of drug-likeness (QED) is 0.357. The number of isocyanates is 1. The normalized spacial score (nSPS) is 20.0. The number of carbonyl (C=O) groups excluding carboxylic acids is 1. The van der Waals surface area contributed by atoms with E-state index in [1.807, 2.05) is 0 Å². The van der Waals surface area contributed by atoms with Gasteiger partial charge in [-0.25, -0.2) is 13.2 Å². The topological polar surface area (TPSA) is 110 Å². The molecule has 1 aromatic heterocycles. The summed E-state index contributed by atoms with van der Waals surface area (Å²) in [6.07, 6.45) is 2.33. The highest BCUT2D eigenvalue weighted by Crippen LogP contribution is 2.38. The zero-order valence-electron chi connectivity index (χ0n) is 10.6. The van der Waals surface area contributed by atoms with Gasteiger partial charge in [0.05, 0.1) is 4.92 Å². The van der Waals surface area contributed by atoms with Crippen molar-refractivity contribution in [3.05, 3.63) is 20.5 Å². The summed E-state index contributed by atoms with van der Waals surface area (Å²) in [6.45, 7) is 0.196. The van der Waals surface area contributed by atoms with Crippen LogP contribution in [0.5, 0.6) is 0 Å². The van der Waals surface area contributed by atoms with Gasteiger partial charge in [-0.2, -0.15) is 9.30 Å². The fourth-order valence-electron chi connectivity index (χ4n) is 2.06. The lowest BCUT2D eigenvalue weighted by Crippen LogP contribution is -2.42. The molecule has 0 aliphatic carbocycles. The van der Waals surface area contributed by atoms with Crippen LogP contribution < -0.4 is 0 Å². The molecule has 1 unspecified atom stereocenters. The minimum absolute atomic E-state index is 0.196. The van der Waals surface area contributed by atoms with E-state index in [-0.39, 0.29) is 15.1 Å². The van der Waals surface area contributed by atoms with E-state index in [1.54, 1.807) is 0 Å². The van der Waals surface area contributed by atoms with Crippen LogP contribution in [-0.4, -0.2) is 36.4 Å². The van der Waals surface area contributed by atoms with E-state index in [2.05, 4.69) is 4.99 Å². The van der Waals surface area contributed by atoms with E-state index in [1.165, 1.54) is 6.08 Å². The maximum atomic E-state index is 12.5. The van der Waals surface area contributed by atoms with Crippen LogP contribution in [-0.2, 0) is 14.8 Å². The molecule has 1 fully saturated rings. The molecule has 0 saturated carbocycles. The summed E-state index contributed by atoms with van der Waals surface area (Å²) in [4.78, 5) is 23.9. The standard InChI is InChI=1S/C10H10ClN3O5S2/c11-10-7(14(16)17)5-9(20-10)21(18,19)13-4-2-1-3-8(13)12-6-15/h5,8H,1-4H2. The summed E-state index contributed by atoms with van der Waals surface area (Å²) in [5.41, 5.74) is -0.451. The minimum atomic E-state index is -3.98. The lowest BCUT2D eigenvalue weighted by atomic mass is 10.1. The molecule has 11 heteroatoms. The summed E-state index contributed by atoms with van der Waals surface area (Å²) in [6, 6.07) is 0.929. The molecular weight excluding hydrogens is 342 g/mol. The van der Waals surface area contributed by atoms with Crippen LogP contribution in [0.4, 0.5) is 5.69 Å². The molecule has 0 N–H and O–H groups in total. The average Bonchev–Trinajstić information content (AvgIpc) is 2.82. The van der Waals surface area contributed by atoms with Crippen LogP contribution in [0.25, 0.3) is 0 Å². The first-order chi connectivity index (χ1) is 9.87. The number of piperidine rings is 1. The Hall–Kier alpha value is -1.32. The smallest absolute Gasteiger partial charge is 0.258 e. The monoisotopic (exact) mass is 351 g/mol. The maximum absolute atomic E-state index is 12.5. The molecule has 0 radical (unpaired) electrons. The summed E-state index contributed by atoms with van der Waals surface area (Å²) in [5, 5.41) is 10.8. The zero-order chi connectivity index (χ0) is 15.6. The molecule has 0 spiro atoms. The number of nitro groups is 1. The molecule has 114 valence electrons. The molecule has 0 aromatic carbocycles. The number of rotatable bonds is 4. The van der Waals surface area contributed by atoms with Crippen molar-refractivity contribution < 1.29 is 18.1 Å².